The minimum Gasteiger partial charge on any atom is -0.362 e. The van der Waals surface area contributed by atoms with Crippen LogP contribution < -0.4 is 5.32 Å². The van der Waals surface area contributed by atoms with E-state index in [0.717, 1.165) is 29.3 Å². The van der Waals surface area contributed by atoms with Crippen molar-refractivity contribution in [2.24, 2.45) is 0 Å². The number of anilines is 1. The summed E-state index contributed by atoms with van der Waals surface area (Å²) in [4.78, 5) is 0. The Balaban J connectivity index is 1.35. The minimum absolute atomic E-state index is 0.0520. The van der Waals surface area contributed by atoms with Gasteiger partial charge in [0.25, 0.3) is 0 Å². The minimum atomic E-state index is 0.0520. The van der Waals surface area contributed by atoms with Gasteiger partial charge in [-0.15, -0.1) is 15.3 Å². The van der Waals surface area contributed by atoms with Gasteiger partial charge in [0.15, 0.2) is 11.5 Å². The van der Waals surface area contributed by atoms with Crippen LogP contribution in [0, 0.1) is 0 Å². The molecule has 148 valence electrons. The van der Waals surface area contributed by atoms with Crippen molar-refractivity contribution in [1.82, 2.24) is 29.6 Å². The van der Waals surface area contributed by atoms with Gasteiger partial charge in [0.1, 0.15) is 5.82 Å². The maximum absolute atomic E-state index is 4.70. The number of rotatable bonds is 6. The molecular formula is C23H21N7. The average Bonchev–Trinajstić information content (AvgIpc) is 3.42. The van der Waals surface area contributed by atoms with Crippen LogP contribution in [0.2, 0.25) is 0 Å². The molecule has 3 aromatic heterocycles. The second-order valence-electron chi connectivity index (χ2n) is 7.20. The highest BCUT2D eigenvalue weighted by atomic mass is 15.4. The van der Waals surface area contributed by atoms with E-state index in [2.05, 4.69) is 45.9 Å². The maximum atomic E-state index is 4.70. The average molecular weight is 395 g/mol. The van der Waals surface area contributed by atoms with Crippen molar-refractivity contribution < 1.29 is 0 Å². The zero-order chi connectivity index (χ0) is 20.3. The van der Waals surface area contributed by atoms with Gasteiger partial charge in [0.05, 0.1) is 18.8 Å². The first-order valence-corrected chi connectivity index (χ1v) is 9.87. The Hall–Kier alpha value is -4.00. The van der Waals surface area contributed by atoms with Crippen LogP contribution >= 0.6 is 0 Å². The molecule has 0 amide bonds. The van der Waals surface area contributed by atoms with Gasteiger partial charge in [-0.2, -0.15) is 9.61 Å². The number of hydrogen-bond donors (Lipinski definition) is 1. The summed E-state index contributed by atoms with van der Waals surface area (Å²) in [5.74, 6) is 1.47. The summed E-state index contributed by atoms with van der Waals surface area (Å²) >= 11 is 0. The molecule has 0 aliphatic rings. The quantitative estimate of drug-likeness (QED) is 0.466. The first kappa shape index (κ1) is 18.1. The number of hydrogen-bond acceptors (Lipinski definition) is 5. The fourth-order valence-corrected chi connectivity index (χ4v) is 3.40. The summed E-state index contributed by atoms with van der Waals surface area (Å²) in [5, 5.41) is 21.2. The lowest BCUT2D eigenvalue weighted by atomic mass is 10.2. The molecular weight excluding hydrogens is 374 g/mol. The van der Waals surface area contributed by atoms with Crippen LogP contribution in [0.25, 0.3) is 17.0 Å². The summed E-state index contributed by atoms with van der Waals surface area (Å²) in [6.07, 6.45) is 3.96. The largest absolute Gasteiger partial charge is 0.362 e. The van der Waals surface area contributed by atoms with E-state index in [4.69, 9.17) is 5.10 Å². The van der Waals surface area contributed by atoms with E-state index in [0.29, 0.717) is 5.65 Å². The van der Waals surface area contributed by atoms with Crippen LogP contribution in [0.5, 0.6) is 0 Å². The lowest BCUT2D eigenvalue weighted by Gasteiger charge is -2.13. The molecule has 7 nitrogen and oxygen atoms in total. The first-order valence-electron chi connectivity index (χ1n) is 9.87. The van der Waals surface area contributed by atoms with E-state index in [1.54, 1.807) is 4.52 Å². The van der Waals surface area contributed by atoms with Crippen molar-refractivity contribution in [2.45, 2.75) is 19.5 Å². The molecule has 1 N–H and O–H groups in total. The summed E-state index contributed by atoms with van der Waals surface area (Å²) in [5.41, 5.74) is 4.01. The molecule has 0 radical (unpaired) electrons. The Morgan fingerprint density at radius 1 is 0.900 bits per heavy atom. The van der Waals surface area contributed by atoms with Crippen LogP contribution in [0.1, 0.15) is 24.1 Å². The molecule has 0 spiro atoms. The lowest BCUT2D eigenvalue weighted by molar-refractivity contribution is 0.685. The van der Waals surface area contributed by atoms with E-state index in [1.165, 1.54) is 5.56 Å². The number of nitrogens with one attached hydrogen (secondary N) is 1. The van der Waals surface area contributed by atoms with Crippen LogP contribution in [-0.4, -0.2) is 29.6 Å². The molecule has 0 fully saturated rings. The second-order valence-corrected chi connectivity index (χ2v) is 7.20. The summed E-state index contributed by atoms with van der Waals surface area (Å²) < 4.78 is 3.72. The second kappa shape index (κ2) is 7.79. The molecule has 5 rings (SSSR count). The molecule has 2 aromatic carbocycles. The van der Waals surface area contributed by atoms with Crippen molar-refractivity contribution in [1.29, 1.82) is 0 Å². The van der Waals surface area contributed by atoms with Crippen LogP contribution in [0.4, 0.5) is 5.82 Å². The third-order valence-electron chi connectivity index (χ3n) is 5.00. The molecule has 1 unspecified atom stereocenters. The van der Waals surface area contributed by atoms with E-state index in [9.17, 15) is 0 Å². The highest BCUT2D eigenvalue weighted by molar-refractivity contribution is 5.59. The zero-order valence-corrected chi connectivity index (χ0v) is 16.6. The molecule has 0 aliphatic carbocycles. The first-order chi connectivity index (χ1) is 14.8. The Morgan fingerprint density at radius 3 is 2.47 bits per heavy atom. The van der Waals surface area contributed by atoms with Gasteiger partial charge in [-0.1, -0.05) is 60.7 Å². The predicted octanol–water partition coefficient (Wildman–Crippen LogP) is 4.21. The monoisotopic (exact) mass is 395 g/mol. The Bertz CT molecular complexity index is 1260. The summed E-state index contributed by atoms with van der Waals surface area (Å²) in [6.45, 7) is 2.85. The predicted molar refractivity (Wildman–Crippen MR) is 116 cm³/mol. The van der Waals surface area contributed by atoms with E-state index >= 15 is 0 Å². The third-order valence-corrected chi connectivity index (χ3v) is 5.00. The van der Waals surface area contributed by atoms with E-state index < -0.39 is 0 Å². The third kappa shape index (κ3) is 3.65. The molecule has 1 atom stereocenters. The van der Waals surface area contributed by atoms with Gasteiger partial charge in [-0.25, -0.2) is 0 Å². The molecule has 0 saturated heterocycles. The van der Waals surface area contributed by atoms with E-state index in [1.807, 2.05) is 71.5 Å². The highest BCUT2D eigenvalue weighted by Gasteiger charge is 2.13. The topological polar surface area (TPSA) is 72.9 Å². The SMILES string of the molecule is CC(Nc1ccc2nnc(-c3ccccc3)n2n1)c1cnn(Cc2ccccc2)c1. The Morgan fingerprint density at radius 2 is 1.67 bits per heavy atom. The molecule has 7 heteroatoms. The smallest absolute Gasteiger partial charge is 0.185 e. The summed E-state index contributed by atoms with van der Waals surface area (Å²) in [6, 6.07) is 24.1. The van der Waals surface area contributed by atoms with Crippen LogP contribution in [0.15, 0.2) is 85.2 Å². The van der Waals surface area contributed by atoms with E-state index in [-0.39, 0.29) is 6.04 Å². The number of aromatic nitrogens is 6. The van der Waals surface area contributed by atoms with Gasteiger partial charge in [-0.05, 0) is 24.6 Å². The van der Waals surface area contributed by atoms with Gasteiger partial charge < -0.3 is 5.32 Å². The summed E-state index contributed by atoms with van der Waals surface area (Å²) in [7, 11) is 0. The number of fused-ring (bicyclic) bond motifs is 1. The van der Waals surface area contributed by atoms with Crippen LogP contribution in [-0.2, 0) is 6.54 Å². The van der Waals surface area contributed by atoms with Crippen molar-refractivity contribution in [3.05, 3.63) is 96.3 Å². The van der Waals surface area contributed by atoms with Crippen LogP contribution in [0.3, 0.4) is 0 Å². The van der Waals surface area contributed by atoms with Gasteiger partial charge in [0.2, 0.25) is 0 Å². The molecule has 0 aliphatic heterocycles. The Kier molecular flexibility index (Phi) is 4.69. The lowest BCUT2D eigenvalue weighted by Crippen LogP contribution is -2.09. The van der Waals surface area contributed by atoms with Crippen molar-refractivity contribution >= 4 is 11.5 Å². The highest BCUT2D eigenvalue weighted by Crippen LogP contribution is 2.21. The molecule has 0 saturated carbocycles. The number of benzene rings is 2. The maximum Gasteiger partial charge on any atom is 0.185 e. The normalized spacial score (nSPS) is 12.2. The zero-order valence-electron chi connectivity index (χ0n) is 16.6. The molecule has 0 bridgehead atoms. The van der Waals surface area contributed by atoms with Crippen molar-refractivity contribution in [2.75, 3.05) is 5.32 Å². The van der Waals surface area contributed by atoms with Crippen molar-refractivity contribution in [3.8, 4) is 11.4 Å². The Labute approximate surface area is 174 Å². The molecule has 3 heterocycles. The fourth-order valence-electron chi connectivity index (χ4n) is 3.40. The van der Waals surface area contributed by atoms with Crippen molar-refractivity contribution in [3.63, 3.8) is 0 Å². The van der Waals surface area contributed by atoms with Gasteiger partial charge in [-0.3, -0.25) is 4.68 Å². The standard InChI is InChI=1S/C23H21N7/c1-17(20-14-24-29(16-20)15-18-8-4-2-5-9-18)25-21-12-13-22-26-27-23(30(22)28-21)19-10-6-3-7-11-19/h2-14,16-17H,15H2,1H3,(H,25,28). The molecule has 30 heavy (non-hydrogen) atoms. The molecule has 5 aromatic rings. The van der Waals surface area contributed by atoms with Gasteiger partial charge >= 0.3 is 0 Å². The fraction of sp³-hybridized carbons (Fsp3) is 0.130. The van der Waals surface area contributed by atoms with Gasteiger partial charge in [0, 0.05) is 17.3 Å². The number of nitrogens with zero attached hydrogens (tertiary/aromatic N) is 6.